The van der Waals surface area contributed by atoms with Crippen molar-refractivity contribution in [2.75, 3.05) is 5.32 Å². The number of hydrogen-bond donors (Lipinski definition) is 4. The molecule has 27 heavy (non-hydrogen) atoms. The van der Waals surface area contributed by atoms with Crippen LogP contribution in [0.1, 0.15) is 17.3 Å². The zero-order chi connectivity index (χ0) is 19.8. The second kappa shape index (κ2) is 8.90. The average Bonchev–Trinajstić information content (AvgIpc) is 3.22. The number of carboxylic acid groups (broad SMARTS) is 1. The number of H-pyrrole nitrogens is 2. The largest absolute Gasteiger partial charge is 0.477 e. The Labute approximate surface area is 153 Å². The third-order valence-electron chi connectivity index (χ3n) is 3.32. The summed E-state index contributed by atoms with van der Waals surface area (Å²) in [5.74, 6) is -2.61. The molecule has 0 spiro atoms. The van der Waals surface area contributed by atoms with Gasteiger partial charge in [-0.25, -0.2) is 9.78 Å². The highest BCUT2D eigenvalue weighted by molar-refractivity contribution is 6.39. The molecule has 2 heterocycles. The van der Waals surface area contributed by atoms with Crippen LogP contribution in [0, 0.1) is 0 Å². The van der Waals surface area contributed by atoms with Crippen molar-refractivity contribution in [3.8, 4) is 11.3 Å². The van der Waals surface area contributed by atoms with Gasteiger partial charge in [-0.05, 0) is 29.8 Å². The van der Waals surface area contributed by atoms with Gasteiger partial charge in [-0.2, -0.15) is 0 Å². The fourth-order valence-electron chi connectivity index (χ4n) is 1.98. The molecule has 0 aliphatic heterocycles. The summed E-state index contributed by atoms with van der Waals surface area (Å²) in [5, 5.41) is 11.2. The third-order valence-corrected chi connectivity index (χ3v) is 3.32. The number of benzene rings is 1. The van der Waals surface area contributed by atoms with Crippen molar-refractivity contribution in [2.45, 2.75) is 6.92 Å². The van der Waals surface area contributed by atoms with E-state index in [4.69, 9.17) is 5.11 Å². The van der Waals surface area contributed by atoms with Crippen LogP contribution in [0.3, 0.4) is 0 Å². The molecule has 0 aliphatic rings. The Bertz CT molecular complexity index is 974. The number of imidazole rings is 1. The fourth-order valence-corrected chi connectivity index (χ4v) is 1.98. The minimum absolute atomic E-state index is 0.339. The highest BCUT2D eigenvalue weighted by atomic mass is 16.4. The molecule has 3 aromatic rings. The van der Waals surface area contributed by atoms with E-state index < -0.39 is 23.2 Å². The topological polar surface area (TPSA) is 145 Å². The predicted molar refractivity (Wildman–Crippen MR) is 97.4 cm³/mol. The number of aromatic carboxylic acids is 1. The summed E-state index contributed by atoms with van der Waals surface area (Å²) >= 11 is 0. The van der Waals surface area contributed by atoms with Gasteiger partial charge in [0, 0.05) is 30.7 Å². The van der Waals surface area contributed by atoms with E-state index in [2.05, 4.69) is 20.3 Å². The standard InChI is InChI=1S/C15H12N2O5.C3H4N2/c1-8(18)13(19)16-10-4-2-9(3-5-10)12-7-6-11(15(21)22)14(20)17-12;1-2-5-3-4-1/h2-7H,1H3,(H,16,19)(H,17,20)(H,21,22);1-3H,(H,4,5). The van der Waals surface area contributed by atoms with Crippen molar-refractivity contribution in [2.24, 2.45) is 0 Å². The summed E-state index contributed by atoms with van der Waals surface area (Å²) in [6.07, 6.45) is 5.08. The van der Waals surface area contributed by atoms with E-state index in [9.17, 15) is 19.2 Å². The van der Waals surface area contributed by atoms with Gasteiger partial charge in [0.15, 0.2) is 0 Å². The molecule has 9 heteroatoms. The lowest BCUT2D eigenvalue weighted by Gasteiger charge is -2.05. The molecule has 0 atom stereocenters. The van der Waals surface area contributed by atoms with Crippen LogP contribution in [0.2, 0.25) is 0 Å². The molecular formula is C18H16N4O5. The lowest BCUT2D eigenvalue weighted by molar-refractivity contribution is -0.133. The summed E-state index contributed by atoms with van der Waals surface area (Å²) in [4.78, 5) is 53.4. The smallest absolute Gasteiger partial charge is 0.341 e. The van der Waals surface area contributed by atoms with Crippen LogP contribution in [0.4, 0.5) is 5.69 Å². The van der Waals surface area contributed by atoms with E-state index >= 15 is 0 Å². The zero-order valence-electron chi connectivity index (χ0n) is 14.2. The van der Waals surface area contributed by atoms with Crippen molar-refractivity contribution in [3.05, 3.63) is 71.0 Å². The number of hydrogen-bond acceptors (Lipinski definition) is 5. The van der Waals surface area contributed by atoms with Gasteiger partial charge in [-0.15, -0.1) is 0 Å². The van der Waals surface area contributed by atoms with Crippen LogP contribution in [0.5, 0.6) is 0 Å². The summed E-state index contributed by atoms with van der Waals surface area (Å²) < 4.78 is 0. The number of pyridine rings is 1. The molecule has 0 fully saturated rings. The van der Waals surface area contributed by atoms with Crippen molar-refractivity contribution in [3.63, 3.8) is 0 Å². The van der Waals surface area contributed by atoms with Crippen LogP contribution < -0.4 is 10.9 Å². The number of aromatic nitrogens is 3. The van der Waals surface area contributed by atoms with E-state index in [1.165, 1.54) is 19.1 Å². The van der Waals surface area contributed by atoms with E-state index in [0.29, 0.717) is 16.9 Å². The SMILES string of the molecule is CC(=O)C(=O)Nc1ccc(-c2ccc(C(=O)O)c(=O)[nH]2)cc1.c1c[nH]cn1. The Balaban J connectivity index is 0.000000451. The quantitative estimate of drug-likeness (QED) is 0.516. The van der Waals surface area contributed by atoms with Crippen LogP contribution >= 0.6 is 0 Å². The molecule has 0 radical (unpaired) electrons. The molecule has 138 valence electrons. The maximum atomic E-state index is 11.6. The first-order valence-electron chi connectivity index (χ1n) is 7.70. The van der Waals surface area contributed by atoms with Crippen molar-refractivity contribution >= 4 is 23.3 Å². The van der Waals surface area contributed by atoms with Gasteiger partial charge in [-0.3, -0.25) is 14.4 Å². The second-order valence-corrected chi connectivity index (χ2v) is 5.27. The molecule has 0 bridgehead atoms. The molecule has 9 nitrogen and oxygen atoms in total. The van der Waals surface area contributed by atoms with Crippen LogP contribution in [-0.4, -0.2) is 37.7 Å². The molecule has 1 amide bonds. The molecule has 0 aliphatic carbocycles. The minimum atomic E-state index is -1.30. The highest BCUT2D eigenvalue weighted by Crippen LogP contribution is 2.18. The van der Waals surface area contributed by atoms with Crippen molar-refractivity contribution in [1.82, 2.24) is 15.0 Å². The molecule has 0 saturated heterocycles. The Morgan fingerprint density at radius 3 is 2.22 bits per heavy atom. The number of amides is 1. The van der Waals surface area contributed by atoms with E-state index in [1.54, 1.807) is 43.0 Å². The number of nitrogens with one attached hydrogen (secondary N) is 3. The van der Waals surface area contributed by atoms with Gasteiger partial charge in [0.2, 0.25) is 5.78 Å². The van der Waals surface area contributed by atoms with Crippen LogP contribution in [0.15, 0.2) is 59.9 Å². The normalized spacial score (nSPS) is 9.67. The number of carboxylic acids is 1. The molecule has 1 aromatic carbocycles. The van der Waals surface area contributed by atoms with E-state index in [-0.39, 0.29) is 5.56 Å². The maximum Gasteiger partial charge on any atom is 0.341 e. The Hall–Kier alpha value is -4.01. The zero-order valence-corrected chi connectivity index (χ0v) is 14.2. The number of nitrogens with zero attached hydrogens (tertiary/aromatic N) is 1. The fraction of sp³-hybridized carbons (Fsp3) is 0.0556. The Morgan fingerprint density at radius 2 is 1.78 bits per heavy atom. The third kappa shape index (κ3) is 5.49. The number of carbonyl (C=O) groups excluding carboxylic acids is 2. The first-order chi connectivity index (χ1) is 12.9. The van der Waals surface area contributed by atoms with E-state index in [1.807, 2.05) is 0 Å². The van der Waals surface area contributed by atoms with Gasteiger partial charge >= 0.3 is 5.97 Å². The summed E-state index contributed by atoms with van der Waals surface area (Å²) in [6, 6.07) is 9.10. The van der Waals surface area contributed by atoms with Gasteiger partial charge in [0.05, 0.1) is 6.33 Å². The number of anilines is 1. The van der Waals surface area contributed by atoms with Gasteiger partial charge < -0.3 is 20.4 Å². The molecule has 3 rings (SSSR count). The lowest BCUT2D eigenvalue weighted by Crippen LogP contribution is -2.19. The molecule has 0 saturated carbocycles. The number of carbonyl (C=O) groups is 3. The van der Waals surface area contributed by atoms with Crippen molar-refractivity contribution < 1.29 is 19.5 Å². The average molecular weight is 368 g/mol. The molecule has 0 unspecified atom stereocenters. The number of rotatable bonds is 4. The first-order valence-corrected chi connectivity index (χ1v) is 7.70. The van der Waals surface area contributed by atoms with Crippen molar-refractivity contribution in [1.29, 1.82) is 0 Å². The van der Waals surface area contributed by atoms with Gasteiger partial charge in [-0.1, -0.05) is 12.1 Å². The molecule has 2 aromatic heterocycles. The number of ketones is 1. The summed E-state index contributed by atoms with van der Waals surface area (Å²) in [6.45, 7) is 1.17. The van der Waals surface area contributed by atoms with Gasteiger partial charge in [0.25, 0.3) is 11.5 Å². The summed E-state index contributed by atoms with van der Waals surface area (Å²) in [5.41, 5.74) is 0.482. The Kier molecular flexibility index (Phi) is 6.37. The number of Topliss-reactive ketones (excluding diaryl/α,β-unsaturated/α-hetero) is 1. The minimum Gasteiger partial charge on any atom is -0.477 e. The monoisotopic (exact) mass is 368 g/mol. The molecular weight excluding hydrogens is 352 g/mol. The van der Waals surface area contributed by atoms with Crippen LogP contribution in [-0.2, 0) is 9.59 Å². The van der Waals surface area contributed by atoms with E-state index in [0.717, 1.165) is 0 Å². The second-order valence-electron chi connectivity index (χ2n) is 5.27. The maximum absolute atomic E-state index is 11.6. The molecule has 4 N–H and O–H groups in total. The Morgan fingerprint density at radius 1 is 1.07 bits per heavy atom. The first kappa shape index (κ1) is 19.3. The number of aromatic amines is 2. The van der Waals surface area contributed by atoms with Crippen LogP contribution in [0.25, 0.3) is 11.3 Å². The highest BCUT2D eigenvalue weighted by Gasteiger charge is 2.10. The predicted octanol–water partition coefficient (Wildman–Crippen LogP) is 1.68. The lowest BCUT2D eigenvalue weighted by atomic mass is 10.1. The summed E-state index contributed by atoms with van der Waals surface area (Å²) in [7, 11) is 0. The van der Waals surface area contributed by atoms with Gasteiger partial charge in [0.1, 0.15) is 5.56 Å².